The van der Waals surface area contributed by atoms with Crippen LogP contribution in [0, 0.1) is 0 Å². The Bertz CT molecular complexity index is 927. The molecule has 0 saturated carbocycles. The number of carbonyl (C=O) groups excluding carboxylic acids is 2. The molecule has 0 atom stereocenters. The van der Waals surface area contributed by atoms with Crippen molar-refractivity contribution in [2.75, 3.05) is 6.54 Å². The highest BCUT2D eigenvalue weighted by Gasteiger charge is 2.14. The molecule has 3 aromatic rings. The van der Waals surface area contributed by atoms with Crippen molar-refractivity contribution in [2.24, 2.45) is 0 Å². The maximum atomic E-state index is 12.0. The van der Waals surface area contributed by atoms with Crippen LogP contribution in [0.2, 0.25) is 10.0 Å². The van der Waals surface area contributed by atoms with Gasteiger partial charge in [-0.3, -0.25) is 9.59 Å². The first kappa shape index (κ1) is 18.4. The molecule has 0 aliphatic heterocycles. The lowest BCUT2D eigenvalue weighted by Gasteiger charge is -2.06. The van der Waals surface area contributed by atoms with Gasteiger partial charge in [0.25, 0.3) is 11.8 Å². The summed E-state index contributed by atoms with van der Waals surface area (Å²) < 4.78 is 10.0. The molecule has 0 radical (unpaired) electrons. The second-order valence-electron chi connectivity index (χ2n) is 4.99. The Labute approximate surface area is 161 Å². The van der Waals surface area contributed by atoms with Gasteiger partial charge >= 0.3 is 5.97 Å². The fourth-order valence-electron chi connectivity index (χ4n) is 1.94. The van der Waals surface area contributed by atoms with Crippen molar-refractivity contribution >= 4 is 46.4 Å². The topological polar surface area (TPSA) is 94.3 Å². The first-order valence-electron chi connectivity index (χ1n) is 7.27. The molecular weight excluding hydrogens is 401 g/mol. The number of carbonyl (C=O) groups is 2. The van der Waals surface area contributed by atoms with Crippen LogP contribution in [0.4, 0.5) is 0 Å². The van der Waals surface area contributed by atoms with Crippen molar-refractivity contribution in [2.45, 2.75) is 6.61 Å². The maximum Gasteiger partial charge on any atom is 0.325 e. The third-order valence-electron chi connectivity index (χ3n) is 3.17. The molecule has 0 saturated heterocycles. The number of nitrogens with one attached hydrogen (secondary N) is 1. The Morgan fingerprint density at radius 1 is 1.27 bits per heavy atom. The third kappa shape index (κ3) is 4.60. The van der Waals surface area contributed by atoms with Crippen molar-refractivity contribution in [1.29, 1.82) is 0 Å². The molecule has 0 unspecified atom stereocenters. The van der Waals surface area contributed by atoms with Crippen LogP contribution in [-0.4, -0.2) is 28.6 Å². The molecule has 1 N–H and O–H groups in total. The highest BCUT2D eigenvalue weighted by Crippen LogP contribution is 2.21. The number of aromatic nitrogens is 2. The quantitative estimate of drug-likeness (QED) is 0.622. The predicted molar refractivity (Wildman–Crippen MR) is 96.2 cm³/mol. The summed E-state index contributed by atoms with van der Waals surface area (Å²) >= 11 is 13.2. The summed E-state index contributed by atoms with van der Waals surface area (Å²) in [6.07, 6.45) is 0. The van der Waals surface area contributed by atoms with Gasteiger partial charge in [0.05, 0.1) is 10.6 Å². The van der Waals surface area contributed by atoms with E-state index in [0.29, 0.717) is 10.8 Å². The smallest absolute Gasteiger partial charge is 0.325 e. The van der Waals surface area contributed by atoms with E-state index in [9.17, 15) is 9.59 Å². The van der Waals surface area contributed by atoms with Crippen LogP contribution >= 0.6 is 34.5 Å². The molecule has 1 amide bonds. The van der Waals surface area contributed by atoms with Gasteiger partial charge in [-0.05, 0) is 29.6 Å². The van der Waals surface area contributed by atoms with Crippen molar-refractivity contribution < 1.29 is 18.8 Å². The molecule has 1 aromatic carbocycles. The molecule has 26 heavy (non-hydrogen) atoms. The van der Waals surface area contributed by atoms with E-state index in [1.54, 1.807) is 0 Å². The van der Waals surface area contributed by atoms with Crippen LogP contribution in [-0.2, 0) is 16.1 Å². The molecule has 3 rings (SSSR count). The molecule has 0 spiro atoms. The minimum absolute atomic E-state index is 0.159. The molecule has 2 heterocycles. The molecule has 0 fully saturated rings. The van der Waals surface area contributed by atoms with E-state index in [2.05, 4.69) is 15.5 Å². The van der Waals surface area contributed by atoms with E-state index in [4.69, 9.17) is 32.5 Å². The monoisotopic (exact) mass is 411 g/mol. The Balaban J connectivity index is 1.48. The Morgan fingerprint density at radius 2 is 2.12 bits per heavy atom. The van der Waals surface area contributed by atoms with Crippen LogP contribution in [0.25, 0.3) is 11.4 Å². The van der Waals surface area contributed by atoms with Gasteiger partial charge in [0.2, 0.25) is 5.82 Å². The summed E-state index contributed by atoms with van der Waals surface area (Å²) in [6.45, 7) is -0.517. The minimum atomic E-state index is -0.654. The van der Waals surface area contributed by atoms with Crippen LogP contribution in [0.1, 0.15) is 16.2 Å². The average molecular weight is 412 g/mol. The number of rotatable bonds is 6. The molecule has 0 aliphatic carbocycles. The van der Waals surface area contributed by atoms with Gasteiger partial charge in [-0.1, -0.05) is 28.4 Å². The number of nitrogens with zero attached hydrogens (tertiary/aromatic N) is 2. The number of amides is 1. The van der Waals surface area contributed by atoms with Gasteiger partial charge < -0.3 is 14.6 Å². The summed E-state index contributed by atoms with van der Waals surface area (Å²) in [5.41, 5.74) is 1.03. The second-order valence-corrected chi connectivity index (χ2v) is 6.61. The average Bonchev–Trinajstić information content (AvgIpc) is 3.29. The van der Waals surface area contributed by atoms with E-state index in [1.807, 2.05) is 16.8 Å². The molecule has 0 aliphatic rings. The van der Waals surface area contributed by atoms with E-state index in [1.165, 1.54) is 29.5 Å². The number of esters is 1. The SMILES string of the molecule is O=C(CNC(=O)c1ccc(Cl)cc1Cl)OCc1nc(-c2ccsc2)no1. The van der Waals surface area contributed by atoms with Gasteiger partial charge in [0, 0.05) is 16.0 Å². The molecular formula is C16H11Cl2N3O4S. The van der Waals surface area contributed by atoms with Crippen molar-refractivity contribution in [1.82, 2.24) is 15.5 Å². The molecule has 134 valence electrons. The van der Waals surface area contributed by atoms with Gasteiger partial charge in [-0.2, -0.15) is 16.3 Å². The van der Waals surface area contributed by atoms with E-state index in [-0.39, 0.29) is 29.6 Å². The van der Waals surface area contributed by atoms with Crippen molar-refractivity contribution in [3.63, 3.8) is 0 Å². The van der Waals surface area contributed by atoms with Crippen molar-refractivity contribution in [3.05, 3.63) is 56.5 Å². The largest absolute Gasteiger partial charge is 0.454 e. The zero-order valence-corrected chi connectivity index (χ0v) is 15.4. The van der Waals surface area contributed by atoms with E-state index >= 15 is 0 Å². The van der Waals surface area contributed by atoms with Gasteiger partial charge in [-0.25, -0.2) is 0 Å². The number of hydrogen-bond donors (Lipinski definition) is 1. The summed E-state index contributed by atoms with van der Waals surface area (Å²) in [5.74, 6) is -0.588. The second kappa shape index (κ2) is 8.31. The lowest BCUT2D eigenvalue weighted by Crippen LogP contribution is -2.30. The standard InChI is InChI=1S/C16H11Cl2N3O4S/c17-10-1-2-11(12(18)5-10)16(23)19-6-14(22)24-7-13-20-15(21-25-13)9-3-4-26-8-9/h1-5,8H,6-7H2,(H,19,23). The summed E-state index contributed by atoms with van der Waals surface area (Å²) in [6, 6.07) is 6.29. The summed E-state index contributed by atoms with van der Waals surface area (Å²) in [4.78, 5) is 27.9. The van der Waals surface area contributed by atoms with Crippen LogP contribution < -0.4 is 5.32 Å². The zero-order chi connectivity index (χ0) is 18.5. The number of ether oxygens (including phenoxy) is 1. The Kier molecular flexibility index (Phi) is 5.87. The van der Waals surface area contributed by atoms with Gasteiger partial charge in [0.15, 0.2) is 6.61 Å². The van der Waals surface area contributed by atoms with Gasteiger partial charge in [0.1, 0.15) is 6.54 Å². The first-order chi connectivity index (χ1) is 12.5. The number of halogens is 2. The lowest BCUT2D eigenvalue weighted by molar-refractivity contribution is -0.144. The zero-order valence-electron chi connectivity index (χ0n) is 13.1. The van der Waals surface area contributed by atoms with E-state index in [0.717, 1.165) is 5.56 Å². The highest BCUT2D eigenvalue weighted by molar-refractivity contribution is 7.08. The number of benzene rings is 1. The summed E-state index contributed by atoms with van der Waals surface area (Å²) in [7, 11) is 0. The van der Waals surface area contributed by atoms with Crippen LogP contribution in [0.15, 0.2) is 39.5 Å². The fourth-order valence-corrected chi connectivity index (χ4v) is 3.07. The van der Waals surface area contributed by atoms with Gasteiger partial charge in [-0.15, -0.1) is 0 Å². The molecule has 0 bridgehead atoms. The molecule has 10 heteroatoms. The predicted octanol–water partition coefficient (Wildman–Crippen LogP) is 3.58. The van der Waals surface area contributed by atoms with Crippen LogP contribution in [0.3, 0.4) is 0 Å². The fraction of sp³-hybridized carbons (Fsp3) is 0.125. The van der Waals surface area contributed by atoms with Crippen LogP contribution in [0.5, 0.6) is 0 Å². The molecule has 2 aromatic heterocycles. The third-order valence-corrected chi connectivity index (χ3v) is 4.40. The van der Waals surface area contributed by atoms with Crippen molar-refractivity contribution in [3.8, 4) is 11.4 Å². The number of thiophene rings is 1. The Morgan fingerprint density at radius 3 is 2.85 bits per heavy atom. The minimum Gasteiger partial charge on any atom is -0.454 e. The lowest BCUT2D eigenvalue weighted by atomic mass is 10.2. The van der Waals surface area contributed by atoms with E-state index < -0.39 is 11.9 Å². The Hall–Kier alpha value is -2.42. The first-order valence-corrected chi connectivity index (χ1v) is 8.97. The normalized spacial score (nSPS) is 10.5. The highest BCUT2D eigenvalue weighted by atomic mass is 35.5. The number of hydrogen-bond acceptors (Lipinski definition) is 7. The molecule has 7 nitrogen and oxygen atoms in total. The maximum absolute atomic E-state index is 12.0. The summed E-state index contributed by atoms with van der Waals surface area (Å²) in [5, 5.41) is 10.6.